The molecule has 0 radical (unpaired) electrons. The van der Waals surface area contributed by atoms with Crippen LogP contribution in [-0.2, 0) is 4.79 Å². The van der Waals surface area contributed by atoms with Crippen LogP contribution in [0.1, 0.15) is 26.7 Å². The molecule has 0 aromatic heterocycles. The molecule has 0 aromatic rings. The van der Waals surface area contributed by atoms with E-state index in [1.807, 2.05) is 13.8 Å². The minimum Gasteiger partial charge on any atom is -0.480 e. The number of hydrogen-bond donors (Lipinski definition) is 4. The topological polar surface area (TPSA) is 95.6 Å². The smallest absolute Gasteiger partial charge is 0.321 e. The third kappa shape index (κ3) is 3.61. The van der Waals surface area contributed by atoms with E-state index in [1.165, 1.54) is 0 Å². The Morgan fingerprint density at radius 2 is 2.00 bits per heavy atom. The Balaban J connectivity index is 4.12. The molecule has 0 aliphatic rings. The molecule has 1 atom stereocenters. The number of aliphatic hydroxyl groups excluding tert-OH is 1. The summed E-state index contributed by atoms with van der Waals surface area (Å²) in [6.07, 6.45) is 1.48. The van der Waals surface area contributed by atoms with Crippen LogP contribution in [0.3, 0.4) is 0 Å². The molecule has 0 rings (SSSR count). The number of carboxylic acids is 1. The van der Waals surface area contributed by atoms with Crippen molar-refractivity contribution in [2.75, 3.05) is 13.2 Å². The summed E-state index contributed by atoms with van der Waals surface area (Å²) in [7, 11) is 0. The first kappa shape index (κ1) is 13.4. The van der Waals surface area contributed by atoms with Crippen molar-refractivity contribution >= 4 is 5.97 Å². The lowest BCUT2D eigenvalue weighted by molar-refractivity contribution is -0.138. The quantitative estimate of drug-likeness (QED) is 0.450. The predicted molar refractivity (Wildman–Crippen MR) is 54.0 cm³/mol. The Kier molecular flexibility index (Phi) is 5.68. The molecule has 0 saturated carbocycles. The number of carboxylic acid groups (broad SMARTS) is 1. The van der Waals surface area contributed by atoms with E-state index in [9.17, 15) is 9.90 Å². The van der Waals surface area contributed by atoms with Gasteiger partial charge in [-0.3, -0.25) is 4.79 Å². The molecule has 14 heavy (non-hydrogen) atoms. The molecule has 0 aromatic carbocycles. The Hall–Kier alpha value is -0.650. The minimum atomic E-state index is -1.03. The van der Waals surface area contributed by atoms with Gasteiger partial charge >= 0.3 is 5.97 Å². The highest BCUT2D eigenvalue weighted by atomic mass is 16.4. The second-order valence-electron chi connectivity index (χ2n) is 3.47. The lowest BCUT2D eigenvalue weighted by atomic mass is 9.93. The molecule has 5 heteroatoms. The zero-order valence-corrected chi connectivity index (χ0v) is 8.79. The predicted octanol–water partition coefficient (Wildman–Crippen LogP) is -0.461. The van der Waals surface area contributed by atoms with Gasteiger partial charge in [0.2, 0.25) is 0 Å². The first-order valence-electron chi connectivity index (χ1n) is 4.85. The minimum absolute atomic E-state index is 0.00760. The second-order valence-corrected chi connectivity index (χ2v) is 3.47. The fourth-order valence-electron chi connectivity index (χ4n) is 1.19. The summed E-state index contributed by atoms with van der Waals surface area (Å²) >= 11 is 0. The molecule has 0 spiro atoms. The van der Waals surface area contributed by atoms with Gasteiger partial charge in [-0.15, -0.1) is 0 Å². The molecule has 0 amide bonds. The highest BCUT2D eigenvalue weighted by molar-refractivity contribution is 5.73. The Morgan fingerprint density at radius 3 is 2.29 bits per heavy atom. The summed E-state index contributed by atoms with van der Waals surface area (Å²) in [4.78, 5) is 10.5. The fraction of sp³-hybridized carbons (Fsp3) is 0.889. The zero-order valence-electron chi connectivity index (χ0n) is 8.79. The van der Waals surface area contributed by atoms with Crippen molar-refractivity contribution in [1.82, 2.24) is 5.32 Å². The molecule has 5 N–H and O–H groups in total. The molecule has 0 saturated heterocycles. The van der Waals surface area contributed by atoms with E-state index < -0.39 is 17.6 Å². The van der Waals surface area contributed by atoms with Gasteiger partial charge < -0.3 is 21.3 Å². The summed E-state index contributed by atoms with van der Waals surface area (Å²) < 4.78 is 0. The lowest BCUT2D eigenvalue weighted by Gasteiger charge is -2.31. The molecule has 0 fully saturated rings. The Labute approximate surface area is 84.3 Å². The van der Waals surface area contributed by atoms with E-state index in [0.29, 0.717) is 0 Å². The van der Waals surface area contributed by atoms with Crippen LogP contribution < -0.4 is 11.1 Å². The van der Waals surface area contributed by atoms with Crippen LogP contribution in [-0.4, -0.2) is 40.9 Å². The zero-order chi connectivity index (χ0) is 11.2. The van der Waals surface area contributed by atoms with E-state index in [2.05, 4.69) is 5.32 Å². The molecule has 0 aliphatic heterocycles. The van der Waals surface area contributed by atoms with Crippen LogP contribution in [0.2, 0.25) is 0 Å². The fourth-order valence-corrected chi connectivity index (χ4v) is 1.19. The number of nitrogens with two attached hydrogens (primary N) is 1. The van der Waals surface area contributed by atoms with Gasteiger partial charge in [-0.2, -0.15) is 0 Å². The van der Waals surface area contributed by atoms with Crippen LogP contribution in [0.15, 0.2) is 0 Å². The maximum atomic E-state index is 10.5. The number of aliphatic hydroxyl groups is 1. The maximum Gasteiger partial charge on any atom is 0.321 e. The summed E-state index contributed by atoms with van der Waals surface area (Å²) in [6.45, 7) is 4.06. The van der Waals surface area contributed by atoms with Crippen molar-refractivity contribution in [1.29, 1.82) is 0 Å². The van der Waals surface area contributed by atoms with E-state index in [0.717, 1.165) is 12.8 Å². The van der Waals surface area contributed by atoms with Gasteiger partial charge in [0.25, 0.3) is 0 Å². The SMILES string of the molecule is CCC(CC)(CO)NCC(N)C(=O)O. The van der Waals surface area contributed by atoms with Crippen molar-refractivity contribution in [3.05, 3.63) is 0 Å². The standard InChI is InChI=1S/C9H20N2O3/c1-3-9(4-2,6-12)11-5-7(10)8(13)14/h7,11-12H,3-6,10H2,1-2H3,(H,13,14). The normalized spacial score (nSPS) is 14.0. The number of aliphatic carboxylic acids is 1. The van der Waals surface area contributed by atoms with Gasteiger partial charge in [0, 0.05) is 12.1 Å². The summed E-state index contributed by atoms with van der Waals surface area (Å²) in [5.41, 5.74) is 4.95. The van der Waals surface area contributed by atoms with E-state index >= 15 is 0 Å². The van der Waals surface area contributed by atoms with Crippen molar-refractivity contribution in [3.63, 3.8) is 0 Å². The third-order valence-electron chi connectivity index (χ3n) is 2.67. The van der Waals surface area contributed by atoms with Crippen molar-refractivity contribution in [2.45, 2.75) is 38.3 Å². The highest BCUT2D eigenvalue weighted by Crippen LogP contribution is 2.13. The van der Waals surface area contributed by atoms with Crippen LogP contribution in [0.25, 0.3) is 0 Å². The summed E-state index contributed by atoms with van der Waals surface area (Å²) in [5.74, 6) is -1.03. The molecule has 0 aliphatic carbocycles. The van der Waals surface area contributed by atoms with Crippen LogP contribution >= 0.6 is 0 Å². The summed E-state index contributed by atoms with van der Waals surface area (Å²) in [6, 6.07) is -0.918. The molecule has 0 heterocycles. The van der Waals surface area contributed by atoms with E-state index in [-0.39, 0.29) is 13.2 Å². The number of hydrogen-bond acceptors (Lipinski definition) is 4. The van der Waals surface area contributed by atoms with Gasteiger partial charge in [0.1, 0.15) is 6.04 Å². The Bertz CT molecular complexity index is 173. The first-order chi connectivity index (χ1) is 6.51. The van der Waals surface area contributed by atoms with Gasteiger partial charge in [-0.25, -0.2) is 0 Å². The largest absolute Gasteiger partial charge is 0.480 e. The van der Waals surface area contributed by atoms with Crippen LogP contribution in [0, 0.1) is 0 Å². The average molecular weight is 204 g/mol. The van der Waals surface area contributed by atoms with Crippen molar-refractivity contribution in [3.8, 4) is 0 Å². The Morgan fingerprint density at radius 1 is 1.50 bits per heavy atom. The molecule has 1 unspecified atom stereocenters. The monoisotopic (exact) mass is 204 g/mol. The van der Waals surface area contributed by atoms with Crippen LogP contribution in [0.5, 0.6) is 0 Å². The maximum absolute atomic E-state index is 10.5. The van der Waals surface area contributed by atoms with Crippen molar-refractivity contribution < 1.29 is 15.0 Å². The van der Waals surface area contributed by atoms with Gasteiger partial charge in [-0.1, -0.05) is 13.8 Å². The van der Waals surface area contributed by atoms with Crippen LogP contribution in [0.4, 0.5) is 0 Å². The van der Waals surface area contributed by atoms with Gasteiger partial charge in [0.05, 0.1) is 6.61 Å². The first-order valence-corrected chi connectivity index (χ1v) is 4.85. The number of rotatable bonds is 7. The second kappa shape index (κ2) is 5.95. The average Bonchev–Trinajstić information content (AvgIpc) is 2.20. The molecular formula is C9H20N2O3. The number of nitrogens with one attached hydrogen (secondary N) is 1. The van der Waals surface area contributed by atoms with Gasteiger partial charge in [0.15, 0.2) is 0 Å². The van der Waals surface area contributed by atoms with Crippen molar-refractivity contribution in [2.24, 2.45) is 5.73 Å². The molecule has 84 valence electrons. The summed E-state index contributed by atoms with van der Waals surface area (Å²) in [5, 5.41) is 20.8. The highest BCUT2D eigenvalue weighted by Gasteiger charge is 2.26. The number of carbonyl (C=O) groups is 1. The van der Waals surface area contributed by atoms with E-state index in [1.54, 1.807) is 0 Å². The van der Waals surface area contributed by atoms with Gasteiger partial charge in [-0.05, 0) is 12.8 Å². The lowest BCUT2D eigenvalue weighted by Crippen LogP contribution is -2.53. The molecule has 0 bridgehead atoms. The third-order valence-corrected chi connectivity index (χ3v) is 2.67. The molecule has 5 nitrogen and oxygen atoms in total. The van der Waals surface area contributed by atoms with E-state index in [4.69, 9.17) is 10.8 Å². The molecular weight excluding hydrogens is 184 g/mol.